The highest BCUT2D eigenvalue weighted by Gasteiger charge is 2.20. The van der Waals surface area contributed by atoms with Crippen molar-refractivity contribution in [2.45, 2.75) is 51.3 Å². The van der Waals surface area contributed by atoms with E-state index in [1.54, 1.807) is 6.92 Å². The fourth-order valence-corrected chi connectivity index (χ4v) is 1.34. The van der Waals surface area contributed by atoms with Crippen molar-refractivity contribution in [2.24, 2.45) is 0 Å². The number of hydrogen-bond donors (Lipinski definition) is 1. The maximum absolute atomic E-state index is 12.2. The standard InChI is InChI=1S/C8H17F2NS/c1-5-6(7(9)10)11-12-8(2,3)4/h6-7,11H,5H2,1-4H3. The average molecular weight is 197 g/mol. The molecule has 0 radical (unpaired) electrons. The third kappa shape index (κ3) is 5.77. The van der Waals surface area contributed by atoms with E-state index in [1.807, 2.05) is 20.8 Å². The van der Waals surface area contributed by atoms with Crippen LogP contribution in [0.2, 0.25) is 0 Å². The summed E-state index contributed by atoms with van der Waals surface area (Å²) in [5.41, 5.74) is 0. The molecule has 4 heteroatoms. The van der Waals surface area contributed by atoms with Crippen molar-refractivity contribution in [3.8, 4) is 0 Å². The molecule has 1 nitrogen and oxygen atoms in total. The van der Waals surface area contributed by atoms with Crippen LogP contribution in [0.15, 0.2) is 0 Å². The minimum Gasteiger partial charge on any atom is -0.255 e. The van der Waals surface area contributed by atoms with Gasteiger partial charge < -0.3 is 0 Å². The molecule has 0 bridgehead atoms. The summed E-state index contributed by atoms with van der Waals surface area (Å²) in [5.74, 6) is 0. The summed E-state index contributed by atoms with van der Waals surface area (Å²) >= 11 is 1.36. The fourth-order valence-electron chi connectivity index (χ4n) is 0.565. The Morgan fingerprint density at radius 2 is 1.83 bits per heavy atom. The van der Waals surface area contributed by atoms with Crippen molar-refractivity contribution in [1.82, 2.24) is 4.72 Å². The topological polar surface area (TPSA) is 12.0 Å². The summed E-state index contributed by atoms with van der Waals surface area (Å²) in [6.07, 6.45) is -1.81. The SMILES string of the molecule is CCC(NSC(C)(C)C)C(F)F. The molecular weight excluding hydrogens is 180 g/mol. The van der Waals surface area contributed by atoms with Gasteiger partial charge in [0.15, 0.2) is 0 Å². The lowest BCUT2D eigenvalue weighted by Gasteiger charge is -2.22. The Kier molecular flexibility index (Phi) is 5.09. The summed E-state index contributed by atoms with van der Waals surface area (Å²) < 4.78 is 27.2. The van der Waals surface area contributed by atoms with Gasteiger partial charge in [-0.2, -0.15) is 0 Å². The predicted molar refractivity (Wildman–Crippen MR) is 50.6 cm³/mol. The van der Waals surface area contributed by atoms with Gasteiger partial charge in [-0.3, -0.25) is 4.72 Å². The summed E-state index contributed by atoms with van der Waals surface area (Å²) in [6, 6.07) is -0.686. The van der Waals surface area contributed by atoms with Gasteiger partial charge in [-0.05, 0) is 27.2 Å². The van der Waals surface area contributed by atoms with Gasteiger partial charge >= 0.3 is 0 Å². The average Bonchev–Trinajstić information content (AvgIpc) is 1.85. The third-order valence-corrected chi connectivity index (χ3v) is 2.29. The van der Waals surface area contributed by atoms with Crippen LogP contribution in [0.5, 0.6) is 0 Å². The Balaban J connectivity index is 3.73. The van der Waals surface area contributed by atoms with E-state index < -0.39 is 12.5 Å². The van der Waals surface area contributed by atoms with Crippen molar-refractivity contribution in [1.29, 1.82) is 0 Å². The Morgan fingerprint density at radius 3 is 2.08 bits per heavy atom. The molecule has 12 heavy (non-hydrogen) atoms. The lowest BCUT2D eigenvalue weighted by atomic mass is 10.2. The van der Waals surface area contributed by atoms with Crippen LogP contribution >= 0.6 is 11.9 Å². The molecule has 1 atom stereocenters. The second-order valence-corrected chi connectivity index (χ2v) is 5.35. The number of rotatable bonds is 4. The van der Waals surface area contributed by atoms with E-state index in [0.717, 1.165) is 0 Å². The van der Waals surface area contributed by atoms with Gasteiger partial charge in [-0.15, -0.1) is 0 Å². The molecule has 0 aliphatic carbocycles. The molecule has 74 valence electrons. The van der Waals surface area contributed by atoms with Gasteiger partial charge in [0.05, 0.1) is 6.04 Å². The smallest absolute Gasteiger partial charge is 0.254 e. The second-order valence-electron chi connectivity index (χ2n) is 3.68. The maximum Gasteiger partial charge on any atom is 0.254 e. The summed E-state index contributed by atoms with van der Waals surface area (Å²) in [4.78, 5) is 0. The van der Waals surface area contributed by atoms with Crippen LogP contribution in [0.4, 0.5) is 8.78 Å². The van der Waals surface area contributed by atoms with E-state index in [0.29, 0.717) is 6.42 Å². The van der Waals surface area contributed by atoms with Crippen molar-refractivity contribution in [2.75, 3.05) is 0 Å². The molecular formula is C8H17F2NS. The van der Waals surface area contributed by atoms with Crippen molar-refractivity contribution in [3.05, 3.63) is 0 Å². The maximum atomic E-state index is 12.2. The van der Waals surface area contributed by atoms with Crippen LogP contribution < -0.4 is 4.72 Å². The quantitative estimate of drug-likeness (QED) is 0.695. The molecule has 0 spiro atoms. The molecule has 1 N–H and O–H groups in total. The molecule has 0 aliphatic heterocycles. The zero-order valence-corrected chi connectivity index (χ0v) is 8.84. The van der Waals surface area contributed by atoms with Crippen LogP contribution in [0.25, 0.3) is 0 Å². The minimum atomic E-state index is -2.27. The van der Waals surface area contributed by atoms with Crippen molar-refractivity contribution in [3.63, 3.8) is 0 Å². The van der Waals surface area contributed by atoms with Gasteiger partial charge in [0.2, 0.25) is 0 Å². The first kappa shape index (κ1) is 12.2. The van der Waals surface area contributed by atoms with Crippen LogP contribution in [0.1, 0.15) is 34.1 Å². The number of alkyl halides is 2. The van der Waals surface area contributed by atoms with Gasteiger partial charge in [-0.25, -0.2) is 8.78 Å². The molecule has 0 aromatic rings. The van der Waals surface area contributed by atoms with Gasteiger partial charge in [0.25, 0.3) is 6.43 Å². The molecule has 1 unspecified atom stereocenters. The van der Waals surface area contributed by atoms with Gasteiger partial charge in [-0.1, -0.05) is 18.9 Å². The van der Waals surface area contributed by atoms with Crippen LogP contribution in [-0.2, 0) is 0 Å². The molecule has 0 aromatic heterocycles. The first-order valence-corrected chi connectivity index (χ1v) is 4.90. The van der Waals surface area contributed by atoms with E-state index in [9.17, 15) is 8.78 Å². The molecule has 0 saturated carbocycles. The van der Waals surface area contributed by atoms with Crippen LogP contribution in [0.3, 0.4) is 0 Å². The molecule has 0 fully saturated rings. The van der Waals surface area contributed by atoms with Gasteiger partial charge in [0, 0.05) is 4.75 Å². The van der Waals surface area contributed by atoms with Crippen molar-refractivity contribution < 1.29 is 8.78 Å². The Morgan fingerprint density at radius 1 is 1.33 bits per heavy atom. The first-order valence-electron chi connectivity index (χ1n) is 4.08. The molecule has 0 rings (SSSR count). The van der Waals surface area contributed by atoms with E-state index in [4.69, 9.17) is 0 Å². The minimum absolute atomic E-state index is 0.0116. The highest BCUT2D eigenvalue weighted by molar-refractivity contribution is 7.98. The Hall–Kier alpha value is 0.170. The second kappa shape index (κ2) is 5.02. The van der Waals surface area contributed by atoms with E-state index in [2.05, 4.69) is 4.72 Å². The summed E-state index contributed by atoms with van der Waals surface area (Å²) in [5, 5.41) is 0. The summed E-state index contributed by atoms with van der Waals surface area (Å²) in [6.45, 7) is 7.72. The number of nitrogens with one attached hydrogen (secondary N) is 1. The number of hydrogen-bond acceptors (Lipinski definition) is 2. The Labute approximate surface area is 77.4 Å². The highest BCUT2D eigenvalue weighted by Crippen LogP contribution is 2.21. The highest BCUT2D eigenvalue weighted by atomic mass is 32.2. The van der Waals surface area contributed by atoms with E-state index in [-0.39, 0.29) is 4.75 Å². The molecule has 0 amide bonds. The van der Waals surface area contributed by atoms with Crippen LogP contribution in [0, 0.1) is 0 Å². The van der Waals surface area contributed by atoms with Gasteiger partial charge in [0.1, 0.15) is 0 Å². The zero-order chi connectivity index (χ0) is 9.78. The third-order valence-electron chi connectivity index (χ3n) is 1.26. The largest absolute Gasteiger partial charge is 0.255 e. The fraction of sp³-hybridized carbons (Fsp3) is 1.00. The monoisotopic (exact) mass is 197 g/mol. The normalized spacial score (nSPS) is 15.2. The zero-order valence-electron chi connectivity index (χ0n) is 8.03. The van der Waals surface area contributed by atoms with Crippen LogP contribution in [-0.4, -0.2) is 17.2 Å². The lowest BCUT2D eigenvalue weighted by Crippen LogP contribution is -2.33. The summed E-state index contributed by atoms with van der Waals surface area (Å²) in [7, 11) is 0. The molecule has 0 saturated heterocycles. The van der Waals surface area contributed by atoms with E-state index >= 15 is 0 Å². The predicted octanol–water partition coefficient (Wildman–Crippen LogP) is 3.07. The van der Waals surface area contributed by atoms with Crippen molar-refractivity contribution >= 4 is 11.9 Å². The first-order chi connectivity index (χ1) is 5.37. The molecule has 0 aliphatic rings. The molecule has 0 heterocycles. The molecule has 0 aromatic carbocycles. The van der Waals surface area contributed by atoms with E-state index in [1.165, 1.54) is 11.9 Å². The Bertz CT molecular complexity index is 123. The lowest BCUT2D eigenvalue weighted by molar-refractivity contribution is 0.108. The number of halogens is 2.